The Kier molecular flexibility index (Phi) is 1.79. The summed E-state index contributed by atoms with van der Waals surface area (Å²) in [7, 11) is 0. The topological polar surface area (TPSA) is 17.8 Å². The maximum absolute atomic E-state index is 4.36. The molecule has 3 rings (SSSR count). The van der Waals surface area contributed by atoms with Gasteiger partial charge < -0.3 is 0 Å². The van der Waals surface area contributed by atoms with Crippen LogP contribution in [0.3, 0.4) is 0 Å². The van der Waals surface area contributed by atoms with Gasteiger partial charge >= 0.3 is 87.3 Å². The zero-order valence-electron chi connectivity index (χ0n) is 7.42. The Bertz CT molecular complexity index is 551. The van der Waals surface area contributed by atoms with Gasteiger partial charge in [-0.3, -0.25) is 0 Å². The first-order chi connectivity index (χ1) is 6.95. The van der Waals surface area contributed by atoms with Crippen molar-refractivity contribution in [2.75, 3.05) is 0 Å². The van der Waals surface area contributed by atoms with Crippen LogP contribution in [-0.2, 0) is 0 Å². The summed E-state index contributed by atoms with van der Waals surface area (Å²) >= 11 is 0.446. The van der Waals surface area contributed by atoms with Crippen molar-refractivity contribution in [1.82, 2.24) is 9.55 Å². The van der Waals surface area contributed by atoms with E-state index in [1.54, 1.807) is 0 Å². The molecule has 0 atom stereocenters. The van der Waals surface area contributed by atoms with Crippen molar-refractivity contribution in [3.63, 3.8) is 0 Å². The molecule has 14 heavy (non-hydrogen) atoms. The molecule has 2 heterocycles. The van der Waals surface area contributed by atoms with E-state index < -0.39 is 0 Å². The number of benzene rings is 1. The Morgan fingerprint density at radius 1 is 1.07 bits per heavy atom. The monoisotopic (exact) mass is 248 g/mol. The van der Waals surface area contributed by atoms with E-state index >= 15 is 0 Å². The van der Waals surface area contributed by atoms with Crippen LogP contribution in [0.4, 0.5) is 0 Å². The van der Waals surface area contributed by atoms with Gasteiger partial charge in [-0.15, -0.1) is 0 Å². The quantitative estimate of drug-likeness (QED) is 0.602. The van der Waals surface area contributed by atoms with Crippen molar-refractivity contribution in [2.45, 2.75) is 0 Å². The maximum atomic E-state index is 4.36. The second-order valence-corrected chi connectivity index (χ2v) is 4.94. The fourth-order valence-corrected chi connectivity index (χ4v) is 3.27. The van der Waals surface area contributed by atoms with E-state index in [4.69, 9.17) is 0 Å². The molecule has 1 aromatic carbocycles. The van der Waals surface area contributed by atoms with Crippen LogP contribution < -0.4 is 0 Å². The number of hydrogen-bond donors (Lipinski definition) is 0. The van der Waals surface area contributed by atoms with E-state index in [0.29, 0.717) is 14.5 Å². The minimum atomic E-state index is 0.446. The molecule has 0 aliphatic carbocycles. The van der Waals surface area contributed by atoms with Crippen molar-refractivity contribution in [3.8, 4) is 5.69 Å². The normalized spacial score (nSPS) is 10.9. The molecule has 0 saturated heterocycles. The Morgan fingerprint density at radius 3 is 2.79 bits per heavy atom. The van der Waals surface area contributed by atoms with E-state index in [1.807, 2.05) is 12.4 Å². The van der Waals surface area contributed by atoms with Crippen LogP contribution in [0.1, 0.15) is 0 Å². The SMILES string of the molecule is c1ccc(-n2cnc3cc[se]c32)cc1. The average molecular weight is 247 g/mol. The molecule has 0 fully saturated rings. The van der Waals surface area contributed by atoms with Gasteiger partial charge in [-0.2, -0.15) is 0 Å². The minimum absolute atomic E-state index is 0.446. The molecule has 0 aliphatic heterocycles. The number of aromatic nitrogens is 2. The fraction of sp³-hybridized carbons (Fsp3) is 0. The third-order valence-electron chi connectivity index (χ3n) is 2.19. The van der Waals surface area contributed by atoms with Crippen LogP contribution in [0, 0.1) is 0 Å². The van der Waals surface area contributed by atoms with E-state index in [-0.39, 0.29) is 0 Å². The third kappa shape index (κ3) is 1.14. The molecule has 0 amide bonds. The molecule has 2 nitrogen and oxygen atoms in total. The molecule has 68 valence electrons. The molecule has 0 bridgehead atoms. The summed E-state index contributed by atoms with van der Waals surface area (Å²) in [5, 5.41) is 0. The predicted octanol–water partition coefficient (Wildman–Crippen LogP) is 2.08. The van der Waals surface area contributed by atoms with Crippen LogP contribution in [-0.4, -0.2) is 24.1 Å². The van der Waals surface area contributed by atoms with E-state index in [0.717, 1.165) is 5.52 Å². The van der Waals surface area contributed by atoms with Crippen molar-refractivity contribution in [3.05, 3.63) is 47.7 Å². The Morgan fingerprint density at radius 2 is 1.93 bits per heavy atom. The number of hydrogen-bond acceptors (Lipinski definition) is 1. The van der Waals surface area contributed by atoms with Gasteiger partial charge in [0, 0.05) is 0 Å². The van der Waals surface area contributed by atoms with Crippen molar-refractivity contribution in [2.24, 2.45) is 0 Å². The van der Waals surface area contributed by atoms with Crippen LogP contribution in [0.25, 0.3) is 15.6 Å². The molecule has 3 aromatic rings. The zero-order valence-corrected chi connectivity index (χ0v) is 9.13. The van der Waals surface area contributed by atoms with Crippen LogP contribution in [0.5, 0.6) is 0 Å². The fourth-order valence-electron chi connectivity index (χ4n) is 1.52. The molecule has 0 spiro atoms. The molecular weight excluding hydrogens is 239 g/mol. The first-order valence-electron chi connectivity index (χ1n) is 4.41. The Balaban J connectivity index is 2.28. The molecule has 0 aliphatic rings. The van der Waals surface area contributed by atoms with Crippen LogP contribution >= 0.6 is 0 Å². The Labute approximate surface area is 87.6 Å². The van der Waals surface area contributed by atoms with Gasteiger partial charge in [0.25, 0.3) is 0 Å². The van der Waals surface area contributed by atoms with Crippen molar-refractivity contribution < 1.29 is 0 Å². The summed E-state index contributed by atoms with van der Waals surface area (Å²) < 4.78 is 3.53. The number of para-hydroxylation sites is 1. The van der Waals surface area contributed by atoms with Crippen LogP contribution in [0.15, 0.2) is 47.7 Å². The number of nitrogens with zero attached hydrogens (tertiary/aromatic N) is 2. The van der Waals surface area contributed by atoms with Gasteiger partial charge in [-0.25, -0.2) is 0 Å². The van der Waals surface area contributed by atoms with Crippen LogP contribution in [0.2, 0.25) is 0 Å². The summed E-state index contributed by atoms with van der Waals surface area (Å²) in [5.41, 5.74) is 2.33. The third-order valence-corrected chi connectivity index (χ3v) is 4.08. The molecule has 0 N–H and O–H groups in total. The summed E-state index contributed by atoms with van der Waals surface area (Å²) in [5.74, 6) is 0. The van der Waals surface area contributed by atoms with E-state index in [2.05, 4.69) is 44.8 Å². The molecule has 3 heteroatoms. The van der Waals surface area contributed by atoms with Crippen molar-refractivity contribution in [1.29, 1.82) is 0 Å². The second-order valence-electron chi connectivity index (χ2n) is 3.06. The molecule has 0 saturated carbocycles. The van der Waals surface area contributed by atoms with Crippen molar-refractivity contribution >= 4 is 24.4 Å². The first kappa shape index (κ1) is 8.04. The zero-order chi connectivity index (χ0) is 9.38. The molecule has 0 radical (unpaired) electrons. The average Bonchev–Trinajstić information content (AvgIpc) is 2.79. The first-order valence-corrected chi connectivity index (χ1v) is 6.26. The molecule has 0 unspecified atom stereocenters. The summed E-state index contributed by atoms with van der Waals surface area (Å²) in [6, 6.07) is 12.5. The molecule has 2 aromatic heterocycles. The Hall–Kier alpha value is -1.31. The van der Waals surface area contributed by atoms with Gasteiger partial charge in [-0.05, 0) is 0 Å². The van der Waals surface area contributed by atoms with Gasteiger partial charge in [0.1, 0.15) is 0 Å². The summed E-state index contributed by atoms with van der Waals surface area (Å²) in [4.78, 5) is 6.58. The van der Waals surface area contributed by atoms with E-state index in [1.165, 1.54) is 10.1 Å². The predicted molar refractivity (Wildman–Crippen MR) is 58.0 cm³/mol. The van der Waals surface area contributed by atoms with Gasteiger partial charge in [-0.1, -0.05) is 0 Å². The van der Waals surface area contributed by atoms with Gasteiger partial charge in [0.2, 0.25) is 0 Å². The van der Waals surface area contributed by atoms with Gasteiger partial charge in [0.05, 0.1) is 0 Å². The summed E-state index contributed by atoms with van der Waals surface area (Å²) in [6.45, 7) is 0. The summed E-state index contributed by atoms with van der Waals surface area (Å²) in [6.07, 6.45) is 1.91. The second kappa shape index (κ2) is 3.12. The van der Waals surface area contributed by atoms with E-state index in [9.17, 15) is 0 Å². The van der Waals surface area contributed by atoms with Gasteiger partial charge in [0.15, 0.2) is 0 Å². The standard InChI is InChI=1S/C11H8N2Se/c1-2-4-9(5-3-1)13-8-12-10-6-7-14-11(10)13/h1-8H. The number of rotatable bonds is 1. The number of imidazole rings is 1. The molecular formula is C11H8N2Se. The number of fused-ring (bicyclic) bond motifs is 1.